The summed E-state index contributed by atoms with van der Waals surface area (Å²) in [6.07, 6.45) is 3.01. The zero-order chi connectivity index (χ0) is 12.7. The molecule has 2 N–H and O–H groups in total. The summed E-state index contributed by atoms with van der Waals surface area (Å²) in [5.41, 5.74) is 3.10. The summed E-state index contributed by atoms with van der Waals surface area (Å²) in [5.74, 6) is 0.759. The van der Waals surface area contributed by atoms with Crippen LogP contribution in [0, 0.1) is 5.92 Å². The molecule has 18 heavy (non-hydrogen) atoms. The van der Waals surface area contributed by atoms with Crippen molar-refractivity contribution in [3.8, 4) is 0 Å². The number of anilines is 1. The van der Waals surface area contributed by atoms with E-state index in [-0.39, 0.29) is 5.91 Å². The van der Waals surface area contributed by atoms with Crippen molar-refractivity contribution >= 4 is 23.2 Å². The molecule has 1 unspecified atom stereocenters. The van der Waals surface area contributed by atoms with E-state index < -0.39 is 0 Å². The summed E-state index contributed by atoms with van der Waals surface area (Å²) in [4.78, 5) is 11.4. The highest BCUT2D eigenvalue weighted by Gasteiger charge is 2.33. The second-order valence-electron chi connectivity index (χ2n) is 5.13. The molecule has 3 nitrogen and oxygen atoms in total. The maximum Gasteiger partial charge on any atom is 0.228 e. The third kappa shape index (κ3) is 2.13. The SMILES string of the molecule is CCNC(c1cc2c(cc1Cl)NC(=O)C2)C1CC1. The lowest BCUT2D eigenvalue weighted by atomic mass is 9.98. The fraction of sp³-hybridized carbons (Fsp3) is 0.500. The topological polar surface area (TPSA) is 41.1 Å². The normalized spacial score (nSPS) is 19.6. The number of amides is 1. The Labute approximate surface area is 112 Å². The van der Waals surface area contributed by atoms with E-state index in [4.69, 9.17) is 11.6 Å². The molecule has 1 aromatic carbocycles. The Kier molecular flexibility index (Phi) is 3.04. The van der Waals surface area contributed by atoms with E-state index in [0.717, 1.165) is 28.4 Å². The Morgan fingerprint density at radius 3 is 2.94 bits per heavy atom. The predicted molar refractivity (Wildman–Crippen MR) is 72.9 cm³/mol. The second kappa shape index (κ2) is 4.56. The Balaban J connectivity index is 1.96. The van der Waals surface area contributed by atoms with Gasteiger partial charge in [0.2, 0.25) is 5.91 Å². The molecular formula is C14H17ClN2O. The van der Waals surface area contributed by atoms with Crippen LogP contribution >= 0.6 is 11.6 Å². The molecule has 3 rings (SSSR count). The molecule has 1 heterocycles. The van der Waals surface area contributed by atoms with Crippen molar-refractivity contribution in [1.82, 2.24) is 5.32 Å². The molecule has 2 aliphatic rings. The summed E-state index contributed by atoms with van der Waals surface area (Å²) in [7, 11) is 0. The van der Waals surface area contributed by atoms with Gasteiger partial charge >= 0.3 is 0 Å². The Bertz CT molecular complexity index is 497. The van der Waals surface area contributed by atoms with Gasteiger partial charge in [0.25, 0.3) is 0 Å². The molecule has 1 aliphatic carbocycles. The van der Waals surface area contributed by atoms with E-state index in [1.165, 1.54) is 12.8 Å². The van der Waals surface area contributed by atoms with Crippen LogP contribution in [0.15, 0.2) is 12.1 Å². The second-order valence-corrected chi connectivity index (χ2v) is 5.54. The van der Waals surface area contributed by atoms with Crippen molar-refractivity contribution < 1.29 is 4.79 Å². The maximum absolute atomic E-state index is 11.4. The molecule has 0 bridgehead atoms. The third-order valence-corrected chi connectivity index (χ3v) is 4.03. The van der Waals surface area contributed by atoms with Gasteiger partial charge in [-0.25, -0.2) is 0 Å². The summed E-state index contributed by atoms with van der Waals surface area (Å²) >= 11 is 6.37. The fourth-order valence-corrected chi connectivity index (χ4v) is 2.97. The van der Waals surface area contributed by atoms with Crippen LogP contribution in [0.5, 0.6) is 0 Å². The Morgan fingerprint density at radius 1 is 1.50 bits per heavy atom. The predicted octanol–water partition coefficient (Wildman–Crippen LogP) is 2.90. The van der Waals surface area contributed by atoms with Gasteiger partial charge in [-0.2, -0.15) is 0 Å². The van der Waals surface area contributed by atoms with Gasteiger partial charge in [0.05, 0.1) is 6.42 Å². The largest absolute Gasteiger partial charge is 0.325 e. The van der Waals surface area contributed by atoms with Crippen LogP contribution in [-0.2, 0) is 11.2 Å². The number of halogens is 1. The number of rotatable bonds is 4. The molecule has 96 valence electrons. The first kappa shape index (κ1) is 12.0. The lowest BCUT2D eigenvalue weighted by Gasteiger charge is -2.20. The number of carbonyl (C=O) groups excluding carboxylic acids is 1. The van der Waals surface area contributed by atoms with Gasteiger partial charge in [-0.15, -0.1) is 0 Å². The molecule has 1 amide bonds. The van der Waals surface area contributed by atoms with Crippen LogP contribution in [0.25, 0.3) is 0 Å². The molecule has 1 saturated carbocycles. The van der Waals surface area contributed by atoms with Gasteiger partial charge < -0.3 is 10.6 Å². The first-order valence-electron chi connectivity index (χ1n) is 6.54. The van der Waals surface area contributed by atoms with Crippen LogP contribution in [0.3, 0.4) is 0 Å². The highest BCUT2D eigenvalue weighted by atomic mass is 35.5. The molecule has 0 aromatic heterocycles. The molecule has 4 heteroatoms. The zero-order valence-corrected chi connectivity index (χ0v) is 11.2. The first-order chi connectivity index (χ1) is 8.69. The van der Waals surface area contributed by atoms with Gasteiger partial charge in [-0.05, 0) is 42.5 Å². The average Bonchev–Trinajstić information content (AvgIpc) is 3.08. The molecule has 0 radical (unpaired) electrons. The molecule has 1 aliphatic heterocycles. The summed E-state index contributed by atoms with van der Waals surface area (Å²) in [6, 6.07) is 4.33. The van der Waals surface area contributed by atoms with E-state index in [0.29, 0.717) is 18.4 Å². The van der Waals surface area contributed by atoms with E-state index >= 15 is 0 Å². The van der Waals surface area contributed by atoms with Crippen molar-refractivity contribution in [1.29, 1.82) is 0 Å². The number of hydrogen-bond donors (Lipinski definition) is 2. The highest BCUT2D eigenvalue weighted by Crippen LogP contribution is 2.44. The average molecular weight is 265 g/mol. The van der Waals surface area contributed by atoms with Crippen LogP contribution in [0.1, 0.15) is 36.9 Å². The standard InChI is InChI=1S/C14H17ClN2O/c1-2-16-14(8-3-4-8)10-5-9-6-13(18)17-12(9)7-11(10)15/h5,7-8,14,16H,2-4,6H2,1H3,(H,17,18). The van der Waals surface area contributed by atoms with Gasteiger partial charge in [0.15, 0.2) is 0 Å². The Morgan fingerprint density at radius 2 is 2.28 bits per heavy atom. The van der Waals surface area contributed by atoms with Crippen LogP contribution in [0.4, 0.5) is 5.69 Å². The van der Waals surface area contributed by atoms with Gasteiger partial charge in [0.1, 0.15) is 0 Å². The molecule has 0 spiro atoms. The quantitative estimate of drug-likeness (QED) is 0.878. The van der Waals surface area contributed by atoms with E-state index in [1.807, 2.05) is 6.07 Å². The summed E-state index contributed by atoms with van der Waals surface area (Å²) in [5, 5.41) is 7.11. The zero-order valence-electron chi connectivity index (χ0n) is 10.4. The summed E-state index contributed by atoms with van der Waals surface area (Å²) in [6.45, 7) is 3.05. The number of benzene rings is 1. The minimum atomic E-state index is 0.0599. The maximum atomic E-state index is 11.4. The summed E-state index contributed by atoms with van der Waals surface area (Å²) < 4.78 is 0. The molecule has 1 fully saturated rings. The van der Waals surface area contributed by atoms with E-state index in [9.17, 15) is 4.79 Å². The molecule has 0 saturated heterocycles. The fourth-order valence-electron chi connectivity index (χ4n) is 2.69. The number of nitrogens with one attached hydrogen (secondary N) is 2. The monoisotopic (exact) mass is 264 g/mol. The van der Waals surface area contributed by atoms with Crippen LogP contribution in [-0.4, -0.2) is 12.5 Å². The van der Waals surface area contributed by atoms with Gasteiger partial charge in [0, 0.05) is 16.8 Å². The van der Waals surface area contributed by atoms with Crippen molar-refractivity contribution in [2.24, 2.45) is 5.92 Å². The van der Waals surface area contributed by atoms with Crippen molar-refractivity contribution in [2.75, 3.05) is 11.9 Å². The number of fused-ring (bicyclic) bond motifs is 1. The third-order valence-electron chi connectivity index (χ3n) is 3.70. The highest BCUT2D eigenvalue weighted by molar-refractivity contribution is 6.32. The van der Waals surface area contributed by atoms with Crippen molar-refractivity contribution in [2.45, 2.75) is 32.2 Å². The lowest BCUT2D eigenvalue weighted by Crippen LogP contribution is -2.23. The minimum absolute atomic E-state index is 0.0599. The van der Waals surface area contributed by atoms with Gasteiger partial charge in [-0.3, -0.25) is 4.79 Å². The first-order valence-corrected chi connectivity index (χ1v) is 6.92. The molecule has 1 aromatic rings. The number of carbonyl (C=O) groups is 1. The van der Waals surface area contributed by atoms with E-state index in [2.05, 4.69) is 23.6 Å². The lowest BCUT2D eigenvalue weighted by molar-refractivity contribution is -0.115. The van der Waals surface area contributed by atoms with Crippen LogP contribution < -0.4 is 10.6 Å². The van der Waals surface area contributed by atoms with Crippen molar-refractivity contribution in [3.63, 3.8) is 0 Å². The molecule has 1 atom stereocenters. The number of hydrogen-bond acceptors (Lipinski definition) is 2. The van der Waals surface area contributed by atoms with Crippen LogP contribution in [0.2, 0.25) is 5.02 Å². The van der Waals surface area contributed by atoms with E-state index in [1.54, 1.807) is 0 Å². The minimum Gasteiger partial charge on any atom is -0.325 e. The van der Waals surface area contributed by atoms with Gasteiger partial charge in [-0.1, -0.05) is 24.6 Å². The Hall–Kier alpha value is -1.06. The molecular weight excluding hydrogens is 248 g/mol. The van der Waals surface area contributed by atoms with Crippen molar-refractivity contribution in [3.05, 3.63) is 28.3 Å². The smallest absolute Gasteiger partial charge is 0.228 e.